The second-order valence-corrected chi connectivity index (χ2v) is 3.40. The van der Waals surface area contributed by atoms with Crippen molar-refractivity contribution < 1.29 is 0 Å². The Labute approximate surface area is 90.4 Å². The maximum absolute atomic E-state index is 11.7. The average molecular weight is 212 g/mol. The van der Waals surface area contributed by atoms with Gasteiger partial charge in [-0.25, -0.2) is 10.2 Å². The van der Waals surface area contributed by atoms with Crippen LogP contribution in [0.4, 0.5) is 0 Å². The van der Waals surface area contributed by atoms with Crippen LogP contribution < -0.4 is 5.56 Å². The van der Waals surface area contributed by atoms with Crippen molar-refractivity contribution in [1.29, 1.82) is 0 Å². The molecule has 5 heteroatoms. The summed E-state index contributed by atoms with van der Waals surface area (Å²) >= 11 is 0. The monoisotopic (exact) mass is 212 g/mol. The van der Waals surface area contributed by atoms with Crippen LogP contribution in [0.15, 0.2) is 47.4 Å². The summed E-state index contributed by atoms with van der Waals surface area (Å²) < 4.78 is 1.30. The normalized spacial score (nSPS) is 10.8. The number of nitrogens with zero attached hydrogens (tertiary/aromatic N) is 3. The van der Waals surface area contributed by atoms with E-state index in [0.29, 0.717) is 11.3 Å². The highest BCUT2D eigenvalue weighted by Crippen LogP contribution is 2.14. The van der Waals surface area contributed by atoms with Crippen LogP contribution in [0.5, 0.6) is 0 Å². The third-order valence-electron chi connectivity index (χ3n) is 2.35. The smallest absolute Gasteiger partial charge is 0.267 e. The summed E-state index contributed by atoms with van der Waals surface area (Å²) in [4.78, 5) is 16.0. The van der Waals surface area contributed by atoms with Crippen molar-refractivity contribution in [2.24, 2.45) is 0 Å². The van der Waals surface area contributed by atoms with Crippen molar-refractivity contribution in [3.05, 3.63) is 52.9 Å². The number of rotatable bonds is 1. The molecular weight excluding hydrogens is 204 g/mol. The molecule has 5 nitrogen and oxygen atoms in total. The first kappa shape index (κ1) is 8.84. The van der Waals surface area contributed by atoms with Gasteiger partial charge in [0.25, 0.3) is 5.56 Å². The summed E-state index contributed by atoms with van der Waals surface area (Å²) in [6.07, 6.45) is 1.52. The average Bonchev–Trinajstić information content (AvgIpc) is 2.79. The summed E-state index contributed by atoms with van der Waals surface area (Å²) in [5, 5.41) is 6.33. The van der Waals surface area contributed by atoms with Crippen molar-refractivity contribution in [3.63, 3.8) is 0 Å². The highest BCUT2D eigenvalue weighted by molar-refractivity contribution is 5.60. The zero-order valence-electron chi connectivity index (χ0n) is 8.29. The first-order valence-electron chi connectivity index (χ1n) is 4.83. The molecule has 0 aliphatic carbocycles. The third-order valence-corrected chi connectivity index (χ3v) is 2.35. The van der Waals surface area contributed by atoms with Gasteiger partial charge in [0.15, 0.2) is 5.65 Å². The van der Waals surface area contributed by atoms with E-state index in [4.69, 9.17) is 0 Å². The first-order valence-corrected chi connectivity index (χ1v) is 4.83. The topological polar surface area (TPSA) is 63.0 Å². The molecule has 0 fully saturated rings. The SMILES string of the molecule is O=c1cc(-c2ccccc2)nc2cn[nH]n12. The van der Waals surface area contributed by atoms with Crippen LogP contribution in [-0.4, -0.2) is 19.8 Å². The second kappa shape index (κ2) is 3.30. The van der Waals surface area contributed by atoms with E-state index in [9.17, 15) is 4.79 Å². The Morgan fingerprint density at radius 3 is 2.81 bits per heavy atom. The van der Waals surface area contributed by atoms with E-state index in [2.05, 4.69) is 15.3 Å². The van der Waals surface area contributed by atoms with Crippen molar-refractivity contribution in [2.75, 3.05) is 0 Å². The van der Waals surface area contributed by atoms with E-state index < -0.39 is 0 Å². The first-order chi connectivity index (χ1) is 7.84. The van der Waals surface area contributed by atoms with Crippen molar-refractivity contribution >= 4 is 5.65 Å². The molecular formula is C11H8N4O. The van der Waals surface area contributed by atoms with Gasteiger partial charge in [-0.1, -0.05) is 30.3 Å². The molecule has 0 bridgehead atoms. The molecule has 2 aromatic heterocycles. The Morgan fingerprint density at radius 2 is 2.00 bits per heavy atom. The van der Waals surface area contributed by atoms with Gasteiger partial charge in [0.05, 0.1) is 11.9 Å². The van der Waals surface area contributed by atoms with E-state index in [1.807, 2.05) is 30.3 Å². The van der Waals surface area contributed by atoms with Crippen LogP contribution in [-0.2, 0) is 0 Å². The lowest BCUT2D eigenvalue weighted by atomic mass is 10.1. The highest BCUT2D eigenvalue weighted by Gasteiger charge is 2.04. The molecule has 3 rings (SSSR count). The summed E-state index contributed by atoms with van der Waals surface area (Å²) in [5.41, 5.74) is 1.93. The summed E-state index contributed by atoms with van der Waals surface area (Å²) in [6.45, 7) is 0. The van der Waals surface area contributed by atoms with E-state index in [1.54, 1.807) is 0 Å². The molecule has 1 aromatic carbocycles. The molecule has 78 valence electrons. The number of H-pyrrole nitrogens is 1. The highest BCUT2D eigenvalue weighted by atomic mass is 16.1. The standard InChI is InChI=1S/C11H8N4O/c16-11-6-9(8-4-2-1-3-5-8)13-10-7-12-14-15(10)11/h1-7,14H. The molecule has 16 heavy (non-hydrogen) atoms. The lowest BCUT2D eigenvalue weighted by Gasteiger charge is -1.99. The van der Waals surface area contributed by atoms with Gasteiger partial charge in [0.1, 0.15) is 0 Å². The quantitative estimate of drug-likeness (QED) is 0.656. The van der Waals surface area contributed by atoms with E-state index in [1.165, 1.54) is 16.8 Å². The Balaban J connectivity index is 2.30. The van der Waals surface area contributed by atoms with E-state index >= 15 is 0 Å². The number of hydrogen-bond donors (Lipinski definition) is 1. The minimum atomic E-state index is -0.165. The molecule has 2 heterocycles. The maximum Gasteiger partial charge on any atom is 0.274 e. The van der Waals surface area contributed by atoms with Gasteiger partial charge >= 0.3 is 0 Å². The van der Waals surface area contributed by atoms with Gasteiger partial charge in [-0.15, -0.1) is 0 Å². The number of aromatic nitrogens is 4. The number of fused-ring (bicyclic) bond motifs is 1. The zero-order chi connectivity index (χ0) is 11.0. The Hall–Kier alpha value is -2.43. The maximum atomic E-state index is 11.7. The molecule has 0 atom stereocenters. The number of aromatic amines is 1. The predicted octanol–water partition coefficient (Wildman–Crippen LogP) is 1.08. The molecule has 1 N–H and O–H groups in total. The lowest BCUT2D eigenvalue weighted by molar-refractivity contribution is 0.821. The summed E-state index contributed by atoms with van der Waals surface area (Å²) in [6, 6.07) is 11.1. The summed E-state index contributed by atoms with van der Waals surface area (Å²) in [7, 11) is 0. The number of hydrogen-bond acceptors (Lipinski definition) is 3. The Morgan fingerprint density at radius 1 is 1.19 bits per heavy atom. The van der Waals surface area contributed by atoms with Crippen molar-refractivity contribution in [2.45, 2.75) is 0 Å². The van der Waals surface area contributed by atoms with Gasteiger partial charge in [-0.2, -0.15) is 9.61 Å². The molecule has 3 aromatic rings. The van der Waals surface area contributed by atoms with Gasteiger partial charge in [0, 0.05) is 11.6 Å². The molecule has 0 amide bonds. The Kier molecular flexibility index (Phi) is 1.83. The van der Waals surface area contributed by atoms with Crippen LogP contribution in [0.2, 0.25) is 0 Å². The molecule has 0 unspecified atom stereocenters. The van der Waals surface area contributed by atoms with Crippen molar-refractivity contribution in [1.82, 2.24) is 19.8 Å². The van der Waals surface area contributed by atoms with Gasteiger partial charge in [-0.05, 0) is 0 Å². The molecule has 0 saturated carbocycles. The molecule has 0 saturated heterocycles. The number of benzene rings is 1. The molecule has 0 radical (unpaired) electrons. The molecule has 0 aliphatic rings. The summed E-state index contributed by atoms with van der Waals surface area (Å²) in [5.74, 6) is 0. The number of nitrogens with one attached hydrogen (secondary N) is 1. The molecule has 0 aliphatic heterocycles. The van der Waals surface area contributed by atoms with E-state index in [-0.39, 0.29) is 5.56 Å². The van der Waals surface area contributed by atoms with Crippen LogP contribution >= 0.6 is 0 Å². The third kappa shape index (κ3) is 1.30. The van der Waals surface area contributed by atoms with Crippen LogP contribution in [0.25, 0.3) is 16.9 Å². The minimum absolute atomic E-state index is 0.165. The van der Waals surface area contributed by atoms with Crippen LogP contribution in [0.3, 0.4) is 0 Å². The minimum Gasteiger partial charge on any atom is -0.267 e. The fourth-order valence-electron chi connectivity index (χ4n) is 1.59. The van der Waals surface area contributed by atoms with Gasteiger partial charge in [0.2, 0.25) is 0 Å². The molecule has 0 spiro atoms. The fraction of sp³-hybridized carbons (Fsp3) is 0. The largest absolute Gasteiger partial charge is 0.274 e. The van der Waals surface area contributed by atoms with E-state index in [0.717, 1.165) is 5.56 Å². The Bertz CT molecular complexity index is 684. The van der Waals surface area contributed by atoms with Crippen molar-refractivity contribution in [3.8, 4) is 11.3 Å². The van der Waals surface area contributed by atoms with Gasteiger partial charge < -0.3 is 0 Å². The second-order valence-electron chi connectivity index (χ2n) is 3.40. The lowest BCUT2D eigenvalue weighted by Crippen LogP contribution is -2.14. The fourth-order valence-corrected chi connectivity index (χ4v) is 1.59. The predicted molar refractivity (Wildman–Crippen MR) is 59.0 cm³/mol. The van der Waals surface area contributed by atoms with Crippen LogP contribution in [0.1, 0.15) is 0 Å². The van der Waals surface area contributed by atoms with Crippen LogP contribution in [0, 0.1) is 0 Å². The van der Waals surface area contributed by atoms with Gasteiger partial charge in [-0.3, -0.25) is 4.79 Å². The zero-order valence-corrected chi connectivity index (χ0v) is 8.29.